The zero-order valence-corrected chi connectivity index (χ0v) is 23.8. The van der Waals surface area contributed by atoms with E-state index in [9.17, 15) is 22.4 Å². The summed E-state index contributed by atoms with van der Waals surface area (Å²) >= 11 is 0. The van der Waals surface area contributed by atoms with Gasteiger partial charge in [-0.3, -0.25) is 10.2 Å². The number of hydrogen-bond acceptors (Lipinski definition) is 6. The molecule has 0 unspecified atom stereocenters. The van der Waals surface area contributed by atoms with E-state index in [2.05, 4.69) is 10.3 Å². The van der Waals surface area contributed by atoms with Crippen molar-refractivity contribution in [2.45, 2.75) is 31.0 Å². The van der Waals surface area contributed by atoms with E-state index in [1.165, 1.54) is 35.4 Å². The fraction of sp³-hybridized carbons (Fsp3) is 0.281. The van der Waals surface area contributed by atoms with E-state index in [4.69, 9.17) is 15.9 Å². The lowest BCUT2D eigenvalue weighted by molar-refractivity contribution is -0.124. The number of ether oxygens (including phenoxy) is 1. The number of nitrogens with zero attached hydrogens (tertiary/aromatic N) is 2. The number of allylic oxidation sites excluding steroid dienone is 1. The van der Waals surface area contributed by atoms with E-state index in [0.717, 1.165) is 12.8 Å². The molecule has 0 spiro atoms. The highest BCUT2D eigenvalue weighted by atomic mass is 19.4. The third-order valence-corrected chi connectivity index (χ3v) is 7.05. The Bertz CT molecular complexity index is 1510. The maximum absolute atomic E-state index is 14.0. The summed E-state index contributed by atoms with van der Waals surface area (Å²) in [7, 11) is 3.35. The molecule has 1 amide bonds. The first-order valence-electron chi connectivity index (χ1n) is 13.6. The Balaban J connectivity index is 1.64. The van der Waals surface area contributed by atoms with Crippen molar-refractivity contribution >= 4 is 28.7 Å². The molecule has 0 bridgehead atoms. The lowest BCUT2D eigenvalue weighted by Crippen LogP contribution is -2.37. The molecule has 0 aliphatic heterocycles. The van der Waals surface area contributed by atoms with E-state index in [-0.39, 0.29) is 45.3 Å². The van der Waals surface area contributed by atoms with Crippen molar-refractivity contribution in [3.63, 3.8) is 0 Å². The predicted molar refractivity (Wildman–Crippen MR) is 159 cm³/mol. The molecule has 1 heterocycles. The highest BCUT2D eigenvalue weighted by Crippen LogP contribution is 2.40. The molecular weight excluding hydrogens is 562 g/mol. The van der Waals surface area contributed by atoms with Crippen LogP contribution in [0.5, 0.6) is 5.88 Å². The number of aromatic nitrogens is 1. The van der Waals surface area contributed by atoms with Crippen LogP contribution in [0.25, 0.3) is 11.1 Å². The second-order valence-electron chi connectivity index (χ2n) is 10.6. The van der Waals surface area contributed by atoms with E-state index < -0.39 is 18.6 Å². The number of nitrogen functional groups attached to an aromatic ring is 1. The second-order valence-corrected chi connectivity index (χ2v) is 10.6. The zero-order valence-electron chi connectivity index (χ0n) is 23.8. The van der Waals surface area contributed by atoms with E-state index in [0.29, 0.717) is 24.3 Å². The minimum Gasteiger partial charge on any atom is -0.476 e. The number of likely N-dealkylation sites (N-methyl/N-ethyl adjacent to an activating group) is 1. The van der Waals surface area contributed by atoms with Gasteiger partial charge in [-0.1, -0.05) is 42.5 Å². The van der Waals surface area contributed by atoms with Gasteiger partial charge in [-0.05, 0) is 53.3 Å². The minimum atomic E-state index is -4.54. The Hall–Kier alpha value is -4.51. The number of carbonyl (C=O) groups is 1. The monoisotopic (exact) mass is 595 g/mol. The van der Waals surface area contributed by atoms with Gasteiger partial charge in [-0.25, -0.2) is 4.98 Å². The molecule has 4 N–H and O–H groups in total. The number of halogens is 4. The molecule has 2 aromatic carbocycles. The molecule has 1 aliphatic carbocycles. The zero-order chi connectivity index (χ0) is 31.2. The lowest BCUT2D eigenvalue weighted by Gasteiger charge is -2.20. The largest absolute Gasteiger partial charge is 0.476 e. The van der Waals surface area contributed by atoms with Crippen LogP contribution in [-0.2, 0) is 4.79 Å². The highest BCUT2D eigenvalue weighted by Gasteiger charge is 2.43. The Morgan fingerprint density at radius 1 is 1.09 bits per heavy atom. The third kappa shape index (κ3) is 8.51. The Morgan fingerprint density at radius 2 is 1.79 bits per heavy atom. The molecule has 43 heavy (non-hydrogen) atoms. The van der Waals surface area contributed by atoms with E-state index in [1.54, 1.807) is 62.6 Å². The average molecular weight is 596 g/mol. The molecule has 1 aliphatic rings. The average Bonchev–Trinajstić information content (AvgIpc) is 3.74. The van der Waals surface area contributed by atoms with Gasteiger partial charge in [-0.2, -0.15) is 17.6 Å². The third-order valence-electron chi connectivity index (χ3n) is 7.05. The number of carbonyl (C=O) groups excluding carboxylic acids is 1. The van der Waals surface area contributed by atoms with Crippen molar-refractivity contribution in [3.05, 3.63) is 101 Å². The van der Waals surface area contributed by atoms with Gasteiger partial charge >= 0.3 is 6.18 Å². The quantitative estimate of drug-likeness (QED) is 0.0782. The number of nitrogens with one attached hydrogen (secondary N) is 2. The van der Waals surface area contributed by atoms with E-state index >= 15 is 0 Å². The molecule has 226 valence electrons. The highest BCUT2D eigenvalue weighted by molar-refractivity contribution is 6.02. The molecule has 0 atom stereocenters. The van der Waals surface area contributed by atoms with Crippen LogP contribution in [0.4, 0.5) is 23.2 Å². The van der Waals surface area contributed by atoms with Gasteiger partial charge in [-0.15, -0.1) is 0 Å². The lowest BCUT2D eigenvalue weighted by atomic mass is 9.87. The summed E-state index contributed by atoms with van der Waals surface area (Å²) in [5.41, 5.74) is 6.47. The topological polar surface area (TPSA) is 104 Å². The van der Waals surface area contributed by atoms with Crippen LogP contribution in [0, 0.1) is 5.41 Å². The molecule has 1 saturated carbocycles. The summed E-state index contributed by atoms with van der Waals surface area (Å²) in [5.74, 6) is -1.11. The number of hydrogen-bond donors (Lipinski definition) is 3. The van der Waals surface area contributed by atoms with Crippen molar-refractivity contribution in [1.29, 1.82) is 5.41 Å². The molecule has 1 aromatic heterocycles. The van der Waals surface area contributed by atoms with Crippen molar-refractivity contribution in [2.24, 2.45) is 0 Å². The fourth-order valence-electron chi connectivity index (χ4n) is 4.52. The first kappa shape index (κ1) is 31.4. The molecule has 1 fully saturated rings. The van der Waals surface area contributed by atoms with Crippen molar-refractivity contribution in [2.75, 3.05) is 33.0 Å². The molecule has 0 saturated heterocycles. The van der Waals surface area contributed by atoms with Gasteiger partial charge in [0.2, 0.25) is 17.8 Å². The standard InChI is InChI=1S/C32H33F4N5O2/c1-41(2)28(42)9-6-16-40-31(14-15-31)20-43-27-13-11-23(19-39-27)29(22-10-12-26(37)24(17-22)30(33)38)25(18-32(34,35)36)21-7-4-3-5-8-21/h3-13,17,19,38,40H,14-16,18,20,37H2,1-2H3/b9-6+,29-25-,38-30?. The van der Waals surface area contributed by atoms with Gasteiger partial charge in [0.25, 0.3) is 0 Å². The normalized spacial score (nSPS) is 14.7. The smallest absolute Gasteiger partial charge is 0.393 e. The summed E-state index contributed by atoms with van der Waals surface area (Å²) in [6.07, 6.45) is 0.642. The molecular formula is C32H33F4N5O2. The number of alkyl halides is 3. The molecule has 0 radical (unpaired) electrons. The maximum atomic E-state index is 14.0. The van der Waals surface area contributed by atoms with Crippen LogP contribution >= 0.6 is 0 Å². The SMILES string of the molecule is CN(C)C(=O)/C=C/CNC1(COc2ccc(/C(=C(/CC(F)(F)F)c3ccccc3)c3ccc(N)c(C(=N)F)c3)cn2)CC1. The molecule has 4 rings (SSSR count). The fourth-order valence-corrected chi connectivity index (χ4v) is 4.52. The summed E-state index contributed by atoms with van der Waals surface area (Å²) in [4.78, 5) is 17.6. The minimum absolute atomic E-state index is 0.00282. The molecule has 11 heteroatoms. The van der Waals surface area contributed by atoms with Gasteiger partial charge in [0, 0.05) is 50.2 Å². The van der Waals surface area contributed by atoms with Crippen LogP contribution in [0.1, 0.15) is 41.5 Å². The van der Waals surface area contributed by atoms with Crippen molar-refractivity contribution in [1.82, 2.24) is 15.2 Å². The molecule has 3 aromatic rings. The molecule has 7 nitrogen and oxygen atoms in total. The Morgan fingerprint density at radius 3 is 2.37 bits per heavy atom. The van der Waals surface area contributed by atoms with Crippen LogP contribution in [0.2, 0.25) is 0 Å². The summed E-state index contributed by atoms with van der Waals surface area (Å²) in [6, 6.07) is 15.5. The Kier molecular flexibility index (Phi) is 9.65. The van der Waals surface area contributed by atoms with E-state index in [1.807, 2.05) is 0 Å². The summed E-state index contributed by atoms with van der Waals surface area (Å²) in [5, 5.41) is 10.8. The van der Waals surface area contributed by atoms with Crippen molar-refractivity contribution < 1.29 is 27.1 Å². The van der Waals surface area contributed by atoms with Crippen LogP contribution < -0.4 is 15.8 Å². The number of anilines is 1. The van der Waals surface area contributed by atoms with Gasteiger partial charge in [0.1, 0.15) is 6.61 Å². The van der Waals surface area contributed by atoms with Crippen molar-refractivity contribution in [3.8, 4) is 5.88 Å². The first-order chi connectivity index (χ1) is 20.4. The second kappa shape index (κ2) is 13.2. The summed E-state index contributed by atoms with van der Waals surface area (Å²) in [6.45, 7) is 0.811. The number of amides is 1. The van der Waals surface area contributed by atoms with Crippen LogP contribution in [0.3, 0.4) is 0 Å². The summed E-state index contributed by atoms with van der Waals surface area (Å²) < 4.78 is 61.6. The first-order valence-corrected chi connectivity index (χ1v) is 13.6. The Labute approximate surface area is 247 Å². The van der Waals surface area contributed by atoms with Gasteiger partial charge in [0.05, 0.1) is 17.5 Å². The predicted octanol–water partition coefficient (Wildman–Crippen LogP) is 6.02. The number of benzene rings is 2. The number of nitrogens with two attached hydrogens (primary N) is 1. The van der Waals surface area contributed by atoms with Crippen LogP contribution in [-0.4, -0.2) is 60.7 Å². The van der Waals surface area contributed by atoms with Gasteiger partial charge < -0.3 is 20.7 Å². The van der Waals surface area contributed by atoms with Crippen LogP contribution in [0.15, 0.2) is 79.0 Å². The maximum Gasteiger partial charge on any atom is 0.393 e. The number of rotatable bonds is 12. The van der Waals surface area contributed by atoms with Gasteiger partial charge in [0.15, 0.2) is 0 Å². The number of pyridine rings is 1.